The molecule has 0 aromatic heterocycles. The van der Waals surface area contributed by atoms with E-state index in [4.69, 9.17) is 4.74 Å². The first-order chi connectivity index (χ1) is 14.0. The molecule has 2 aromatic carbocycles. The Hall–Kier alpha value is -3.34. The quantitative estimate of drug-likeness (QED) is 0.425. The van der Waals surface area contributed by atoms with Crippen LogP contribution in [0, 0.1) is 0 Å². The lowest BCUT2D eigenvalue weighted by Gasteiger charge is -2.43. The van der Waals surface area contributed by atoms with Crippen LogP contribution >= 0.6 is 0 Å². The first-order valence-corrected chi connectivity index (χ1v) is 9.63. The van der Waals surface area contributed by atoms with Gasteiger partial charge in [0, 0.05) is 24.3 Å². The number of carbonyl (C=O) groups is 2. The van der Waals surface area contributed by atoms with Crippen molar-refractivity contribution >= 4 is 23.2 Å². The summed E-state index contributed by atoms with van der Waals surface area (Å²) in [4.78, 5) is 29.4. The number of allylic oxidation sites excluding steroid dienone is 2. The topological polar surface area (TPSA) is 49.9 Å². The van der Waals surface area contributed by atoms with Gasteiger partial charge in [0.2, 0.25) is 5.91 Å². The van der Waals surface area contributed by atoms with E-state index in [1.165, 1.54) is 13.2 Å². The second-order valence-corrected chi connectivity index (χ2v) is 7.03. The Morgan fingerprint density at radius 1 is 1.14 bits per heavy atom. The molecule has 0 radical (unpaired) electrons. The summed E-state index contributed by atoms with van der Waals surface area (Å²) in [6.45, 7) is 7.22. The summed E-state index contributed by atoms with van der Waals surface area (Å²) in [6, 6.07) is 17.1. The van der Waals surface area contributed by atoms with Crippen LogP contribution in [0.2, 0.25) is 0 Å². The molecule has 0 bridgehead atoms. The van der Waals surface area contributed by atoms with Crippen LogP contribution in [0.5, 0.6) is 0 Å². The Morgan fingerprint density at radius 3 is 2.41 bits per heavy atom. The zero-order valence-corrected chi connectivity index (χ0v) is 17.0. The summed E-state index contributed by atoms with van der Waals surface area (Å²) in [6.07, 6.45) is 3.71. The van der Waals surface area contributed by atoms with Gasteiger partial charge in [0.1, 0.15) is 0 Å². The van der Waals surface area contributed by atoms with E-state index in [1.54, 1.807) is 17.9 Å². The maximum Gasteiger partial charge on any atom is 0.293 e. The van der Waals surface area contributed by atoms with Crippen LogP contribution in [0.3, 0.4) is 0 Å². The van der Waals surface area contributed by atoms with Crippen molar-refractivity contribution in [2.75, 3.05) is 16.9 Å². The molecule has 2 unspecified atom stereocenters. The first-order valence-electron chi connectivity index (χ1n) is 9.63. The highest BCUT2D eigenvalue weighted by molar-refractivity contribution is 6.06. The molecule has 0 N–H and O–H groups in total. The number of ether oxygens (including phenoxy) is 1. The summed E-state index contributed by atoms with van der Waals surface area (Å²) < 4.78 is 5.29. The van der Waals surface area contributed by atoms with Gasteiger partial charge in [-0.3, -0.25) is 9.59 Å². The molecule has 2 atom stereocenters. The number of hydrogen-bond donors (Lipinski definition) is 0. The molecule has 1 heterocycles. The largest absolute Gasteiger partial charge is 0.491 e. The van der Waals surface area contributed by atoms with E-state index in [2.05, 4.69) is 6.58 Å². The van der Waals surface area contributed by atoms with Gasteiger partial charge >= 0.3 is 0 Å². The van der Waals surface area contributed by atoms with Gasteiger partial charge in [0.05, 0.1) is 13.2 Å². The van der Waals surface area contributed by atoms with Crippen molar-refractivity contribution in [1.82, 2.24) is 0 Å². The number of anilines is 2. The monoisotopic (exact) mass is 390 g/mol. The third kappa shape index (κ3) is 3.94. The van der Waals surface area contributed by atoms with Crippen LogP contribution in [-0.4, -0.2) is 25.0 Å². The van der Waals surface area contributed by atoms with Gasteiger partial charge in [0.25, 0.3) is 5.91 Å². The van der Waals surface area contributed by atoms with Gasteiger partial charge in [-0.2, -0.15) is 0 Å². The van der Waals surface area contributed by atoms with E-state index in [0.717, 1.165) is 16.9 Å². The molecular weight excluding hydrogens is 364 g/mol. The molecule has 0 saturated heterocycles. The van der Waals surface area contributed by atoms with Gasteiger partial charge in [-0.1, -0.05) is 49.1 Å². The summed E-state index contributed by atoms with van der Waals surface area (Å²) in [5.74, 6) is -0.0291. The number of benzene rings is 2. The summed E-state index contributed by atoms with van der Waals surface area (Å²) in [5, 5.41) is 0. The molecule has 2 amide bonds. The maximum atomic E-state index is 13.2. The van der Waals surface area contributed by atoms with E-state index < -0.39 is 0 Å². The van der Waals surface area contributed by atoms with Crippen molar-refractivity contribution in [3.05, 3.63) is 84.7 Å². The normalized spacial score (nSPS) is 18.6. The number of amides is 2. The fourth-order valence-electron chi connectivity index (χ4n) is 3.96. The Kier molecular flexibility index (Phi) is 6.17. The highest BCUT2D eigenvalue weighted by Crippen LogP contribution is 2.42. The lowest BCUT2D eigenvalue weighted by Crippen LogP contribution is -2.48. The zero-order chi connectivity index (χ0) is 21.0. The Labute approximate surface area is 171 Å². The highest BCUT2D eigenvalue weighted by Gasteiger charge is 2.38. The van der Waals surface area contributed by atoms with Crippen LogP contribution < -0.4 is 9.80 Å². The third-order valence-electron chi connectivity index (χ3n) is 5.16. The Morgan fingerprint density at radius 2 is 1.79 bits per heavy atom. The van der Waals surface area contributed by atoms with Crippen LogP contribution in [0.25, 0.3) is 0 Å². The van der Waals surface area contributed by atoms with Gasteiger partial charge in [0.15, 0.2) is 5.76 Å². The fourth-order valence-corrected chi connectivity index (χ4v) is 3.96. The van der Waals surface area contributed by atoms with Crippen molar-refractivity contribution in [3.63, 3.8) is 0 Å². The second-order valence-electron chi connectivity index (χ2n) is 7.03. The van der Waals surface area contributed by atoms with Gasteiger partial charge in [-0.05, 0) is 43.2 Å². The molecular formula is C24H26N2O3. The van der Waals surface area contributed by atoms with Crippen LogP contribution in [0.15, 0.2) is 79.1 Å². The third-order valence-corrected chi connectivity index (χ3v) is 5.16. The van der Waals surface area contributed by atoms with Gasteiger partial charge < -0.3 is 14.5 Å². The molecule has 0 saturated carbocycles. The van der Waals surface area contributed by atoms with E-state index in [-0.39, 0.29) is 29.7 Å². The van der Waals surface area contributed by atoms with Crippen LogP contribution in [0.4, 0.5) is 11.4 Å². The number of hydrogen-bond acceptors (Lipinski definition) is 3. The smallest absolute Gasteiger partial charge is 0.293 e. The molecule has 0 aliphatic carbocycles. The minimum absolute atomic E-state index is 0.0351. The molecule has 1 aliphatic heterocycles. The predicted octanol–water partition coefficient (Wildman–Crippen LogP) is 4.62. The van der Waals surface area contributed by atoms with E-state index in [9.17, 15) is 9.59 Å². The number of nitrogens with zero attached hydrogens (tertiary/aromatic N) is 2. The molecule has 1 aliphatic rings. The second kappa shape index (κ2) is 8.78. The molecule has 0 spiro atoms. The fraction of sp³-hybridized carbons (Fsp3) is 0.250. The molecule has 3 rings (SSSR count). The predicted molar refractivity (Wildman–Crippen MR) is 116 cm³/mol. The molecule has 5 heteroatoms. The lowest BCUT2D eigenvalue weighted by molar-refractivity contribution is -0.118. The van der Waals surface area contributed by atoms with Gasteiger partial charge in [-0.25, -0.2) is 0 Å². The number of fused-ring (bicyclic) bond motifs is 1. The molecule has 150 valence electrons. The first kappa shape index (κ1) is 20.4. The number of carbonyl (C=O) groups excluding carboxylic acids is 2. The van der Waals surface area contributed by atoms with Crippen molar-refractivity contribution < 1.29 is 14.3 Å². The van der Waals surface area contributed by atoms with Crippen molar-refractivity contribution in [2.45, 2.75) is 32.4 Å². The number of methoxy groups -OCH3 is 1. The van der Waals surface area contributed by atoms with E-state index in [0.29, 0.717) is 6.42 Å². The average molecular weight is 390 g/mol. The average Bonchev–Trinajstić information content (AvgIpc) is 2.72. The van der Waals surface area contributed by atoms with Crippen LogP contribution in [-0.2, 0) is 14.3 Å². The van der Waals surface area contributed by atoms with Gasteiger partial charge in [-0.15, -0.1) is 0 Å². The highest BCUT2D eigenvalue weighted by atomic mass is 16.5. The van der Waals surface area contributed by atoms with Crippen LogP contribution in [0.1, 0.15) is 31.9 Å². The van der Waals surface area contributed by atoms with E-state index >= 15 is 0 Å². The summed E-state index contributed by atoms with van der Waals surface area (Å²) in [5.41, 5.74) is 2.57. The Balaban J connectivity index is 2.09. The summed E-state index contributed by atoms with van der Waals surface area (Å²) >= 11 is 0. The van der Waals surface area contributed by atoms with Crippen molar-refractivity contribution in [2.24, 2.45) is 0 Å². The lowest BCUT2D eigenvalue weighted by atomic mass is 9.89. The molecule has 2 aromatic rings. The zero-order valence-electron chi connectivity index (χ0n) is 17.0. The molecule has 0 fully saturated rings. The van der Waals surface area contributed by atoms with Crippen molar-refractivity contribution in [1.29, 1.82) is 0 Å². The standard InChI is InChI=1S/C24H26N2O3/c1-5-11-23(29-4)24(28)25-17(2)16-22(20-14-9-10-15-21(20)25)26(18(3)27)19-12-7-6-8-13-19/h5-15,17,22H,1,16H2,2-4H3/b23-11-. The molecule has 5 nitrogen and oxygen atoms in total. The van der Waals surface area contributed by atoms with Crippen molar-refractivity contribution in [3.8, 4) is 0 Å². The Bertz CT molecular complexity index is 936. The number of para-hydroxylation sites is 2. The maximum absolute atomic E-state index is 13.2. The number of rotatable bonds is 5. The minimum atomic E-state index is -0.222. The molecule has 29 heavy (non-hydrogen) atoms. The SMILES string of the molecule is C=C/C=C(\OC)C(=O)N1c2ccccc2C(N(C(C)=O)c2ccccc2)CC1C. The summed E-state index contributed by atoms with van der Waals surface area (Å²) in [7, 11) is 1.48. The van der Waals surface area contributed by atoms with E-state index in [1.807, 2.05) is 66.4 Å². The minimum Gasteiger partial charge on any atom is -0.491 e.